The van der Waals surface area contributed by atoms with Crippen LogP contribution in [-0.4, -0.2) is 11.3 Å². The van der Waals surface area contributed by atoms with Crippen molar-refractivity contribution < 1.29 is 17.9 Å². The van der Waals surface area contributed by atoms with Gasteiger partial charge in [0.15, 0.2) is 5.43 Å². The molecule has 0 fully saturated rings. The maximum Gasteiger partial charge on any atom is 0.573 e. The van der Waals surface area contributed by atoms with Gasteiger partial charge in [-0.3, -0.25) is 4.79 Å². The number of hydrogen-bond donors (Lipinski definition) is 1. The highest BCUT2D eigenvalue weighted by Gasteiger charge is 2.30. The third-order valence-corrected chi connectivity index (χ3v) is 5.52. The Hall–Kier alpha value is -2.96. The van der Waals surface area contributed by atoms with Crippen LogP contribution in [0, 0.1) is 0 Å². The zero-order valence-corrected chi connectivity index (χ0v) is 17.3. The molecule has 0 atom stereocenters. The summed E-state index contributed by atoms with van der Waals surface area (Å²) in [6.07, 6.45) is -4.17. The zero-order valence-electron chi connectivity index (χ0n) is 15.8. The predicted octanol–water partition coefficient (Wildman–Crippen LogP) is 6.99. The number of alkyl halides is 3. The van der Waals surface area contributed by atoms with Crippen LogP contribution in [-0.2, 0) is 6.42 Å². The number of pyridine rings is 1. The molecule has 0 aliphatic rings. The first-order valence-electron chi connectivity index (χ1n) is 9.15. The predicted molar refractivity (Wildman–Crippen MR) is 116 cm³/mol. The highest BCUT2D eigenvalue weighted by molar-refractivity contribution is 6.45. The van der Waals surface area contributed by atoms with E-state index in [2.05, 4.69) is 9.72 Å². The van der Waals surface area contributed by atoms with Crippen molar-refractivity contribution in [2.75, 3.05) is 0 Å². The van der Waals surface area contributed by atoms with Gasteiger partial charge in [0.05, 0.1) is 20.9 Å². The van der Waals surface area contributed by atoms with E-state index in [9.17, 15) is 18.0 Å². The quantitative estimate of drug-likeness (QED) is 0.354. The fourth-order valence-electron chi connectivity index (χ4n) is 3.28. The molecule has 0 bridgehead atoms. The Morgan fingerprint density at radius 2 is 1.48 bits per heavy atom. The van der Waals surface area contributed by atoms with E-state index in [1.165, 1.54) is 18.2 Å². The van der Waals surface area contributed by atoms with Crippen LogP contribution in [0.2, 0.25) is 10.0 Å². The van der Waals surface area contributed by atoms with Gasteiger partial charge < -0.3 is 9.72 Å². The van der Waals surface area contributed by atoms with E-state index >= 15 is 0 Å². The molecule has 0 aliphatic carbocycles. The van der Waals surface area contributed by atoms with E-state index in [4.69, 9.17) is 23.2 Å². The van der Waals surface area contributed by atoms with Crippen LogP contribution < -0.4 is 10.2 Å². The number of benzene rings is 3. The molecule has 8 heteroatoms. The van der Waals surface area contributed by atoms with E-state index < -0.39 is 6.36 Å². The van der Waals surface area contributed by atoms with Gasteiger partial charge in [-0.25, -0.2) is 0 Å². The second kappa shape index (κ2) is 8.29. The summed E-state index contributed by atoms with van der Waals surface area (Å²) in [5, 5.41) is 0.872. The highest BCUT2D eigenvalue weighted by atomic mass is 35.5. The van der Waals surface area contributed by atoms with Crippen LogP contribution in [0.1, 0.15) is 11.1 Å². The van der Waals surface area contributed by atoms with Crippen LogP contribution in [0.15, 0.2) is 71.5 Å². The molecule has 0 amide bonds. The molecule has 4 aromatic rings. The van der Waals surface area contributed by atoms with Crippen molar-refractivity contribution in [1.29, 1.82) is 0 Å². The van der Waals surface area contributed by atoms with Crippen molar-refractivity contribution >= 4 is 34.1 Å². The van der Waals surface area contributed by atoms with Crippen LogP contribution in [0.5, 0.6) is 5.75 Å². The molecule has 3 nitrogen and oxygen atoms in total. The van der Waals surface area contributed by atoms with Gasteiger partial charge >= 0.3 is 6.36 Å². The summed E-state index contributed by atoms with van der Waals surface area (Å²) in [4.78, 5) is 15.7. The SMILES string of the molecule is O=c1cc(-c2ccc(Cc3ccc(OC(F)(F)F)cc3)cc2)[nH]c2ccc(Cl)c(Cl)c12. The monoisotopic (exact) mass is 463 g/mol. The number of rotatable bonds is 4. The normalized spacial score (nSPS) is 11.6. The summed E-state index contributed by atoms with van der Waals surface area (Å²) in [6, 6.07) is 18.1. The van der Waals surface area contributed by atoms with Gasteiger partial charge in [0.2, 0.25) is 0 Å². The van der Waals surface area contributed by atoms with Gasteiger partial charge in [-0.05, 0) is 47.4 Å². The van der Waals surface area contributed by atoms with E-state index in [-0.39, 0.29) is 16.2 Å². The standard InChI is InChI=1S/C23H14Cl2F3NO2/c24-17-9-10-18-21(22(17)25)20(30)12-19(29-18)15-5-1-13(2-6-15)11-14-3-7-16(8-4-14)31-23(26,27)28/h1-10,12H,11H2,(H,29,30). The number of nitrogens with one attached hydrogen (secondary N) is 1. The molecule has 1 heterocycles. The fraction of sp³-hybridized carbons (Fsp3) is 0.0870. The zero-order chi connectivity index (χ0) is 22.2. The number of aromatic nitrogens is 1. The molecule has 1 aromatic heterocycles. The average Bonchev–Trinajstić information content (AvgIpc) is 2.71. The molecule has 0 spiro atoms. The van der Waals surface area contributed by atoms with Gasteiger partial charge in [0, 0.05) is 11.8 Å². The van der Waals surface area contributed by atoms with E-state index in [0.29, 0.717) is 28.0 Å². The number of aromatic amines is 1. The Bertz CT molecular complexity index is 1300. The maximum absolute atomic E-state index is 12.5. The topological polar surface area (TPSA) is 42.1 Å². The molecule has 0 saturated heterocycles. The summed E-state index contributed by atoms with van der Waals surface area (Å²) in [5.41, 5.74) is 3.60. The number of halogens is 5. The van der Waals surface area contributed by atoms with Crippen molar-refractivity contribution in [1.82, 2.24) is 4.98 Å². The molecule has 1 N–H and O–H groups in total. The lowest BCUT2D eigenvalue weighted by atomic mass is 10.0. The van der Waals surface area contributed by atoms with Gasteiger partial charge in [-0.1, -0.05) is 59.6 Å². The largest absolute Gasteiger partial charge is 0.573 e. The van der Waals surface area contributed by atoms with Crippen molar-refractivity contribution in [3.8, 4) is 17.0 Å². The van der Waals surface area contributed by atoms with Gasteiger partial charge in [-0.2, -0.15) is 0 Å². The fourth-order valence-corrected chi connectivity index (χ4v) is 3.70. The minimum Gasteiger partial charge on any atom is -0.406 e. The Morgan fingerprint density at radius 1 is 0.871 bits per heavy atom. The average molecular weight is 464 g/mol. The first-order chi connectivity index (χ1) is 14.7. The highest BCUT2D eigenvalue weighted by Crippen LogP contribution is 2.29. The lowest BCUT2D eigenvalue weighted by molar-refractivity contribution is -0.274. The summed E-state index contributed by atoms with van der Waals surface area (Å²) < 4.78 is 40.7. The Kier molecular flexibility index (Phi) is 5.69. The third kappa shape index (κ3) is 4.86. The van der Waals surface area contributed by atoms with Crippen molar-refractivity contribution in [3.63, 3.8) is 0 Å². The minimum atomic E-state index is -4.71. The molecule has 0 unspecified atom stereocenters. The number of H-pyrrole nitrogens is 1. The molecule has 0 aliphatic heterocycles. The smallest absolute Gasteiger partial charge is 0.406 e. The van der Waals surface area contributed by atoms with Crippen LogP contribution >= 0.6 is 23.2 Å². The molecule has 0 radical (unpaired) electrons. The van der Waals surface area contributed by atoms with Crippen molar-refractivity contribution in [2.24, 2.45) is 0 Å². The molecule has 31 heavy (non-hydrogen) atoms. The molecule has 0 saturated carbocycles. The summed E-state index contributed by atoms with van der Waals surface area (Å²) in [5.74, 6) is -0.256. The van der Waals surface area contributed by atoms with Gasteiger partial charge in [0.1, 0.15) is 5.75 Å². The molecule has 158 valence electrons. The lowest BCUT2D eigenvalue weighted by Gasteiger charge is -2.10. The van der Waals surface area contributed by atoms with Gasteiger partial charge in [-0.15, -0.1) is 13.2 Å². The summed E-state index contributed by atoms with van der Waals surface area (Å²) >= 11 is 12.1. The number of ether oxygens (including phenoxy) is 1. The minimum absolute atomic E-state index is 0.217. The van der Waals surface area contributed by atoms with Crippen molar-refractivity contribution in [3.05, 3.63) is 98.1 Å². The van der Waals surface area contributed by atoms with Crippen LogP contribution in [0.4, 0.5) is 13.2 Å². The molecule has 4 rings (SSSR count). The van der Waals surface area contributed by atoms with E-state index in [0.717, 1.165) is 16.7 Å². The first kappa shape index (κ1) is 21.3. The second-order valence-electron chi connectivity index (χ2n) is 6.90. The van der Waals surface area contributed by atoms with Crippen molar-refractivity contribution in [2.45, 2.75) is 12.8 Å². The van der Waals surface area contributed by atoms with Crippen LogP contribution in [0.25, 0.3) is 22.2 Å². The second-order valence-corrected chi connectivity index (χ2v) is 7.68. The first-order valence-corrected chi connectivity index (χ1v) is 9.90. The molecular formula is C23H14Cl2F3NO2. The summed E-state index contributed by atoms with van der Waals surface area (Å²) in [6.45, 7) is 0. The maximum atomic E-state index is 12.5. The molecule has 3 aromatic carbocycles. The number of hydrogen-bond acceptors (Lipinski definition) is 2. The lowest BCUT2D eigenvalue weighted by Crippen LogP contribution is -2.17. The van der Waals surface area contributed by atoms with Gasteiger partial charge in [0.25, 0.3) is 0 Å². The van der Waals surface area contributed by atoms with E-state index in [1.807, 2.05) is 24.3 Å². The third-order valence-electron chi connectivity index (χ3n) is 4.72. The van der Waals surface area contributed by atoms with E-state index in [1.54, 1.807) is 24.3 Å². The Morgan fingerprint density at radius 3 is 2.10 bits per heavy atom. The van der Waals surface area contributed by atoms with Crippen LogP contribution in [0.3, 0.4) is 0 Å². The Labute approximate surface area is 185 Å². The Balaban J connectivity index is 1.55. The summed E-state index contributed by atoms with van der Waals surface area (Å²) in [7, 11) is 0. The number of fused-ring (bicyclic) bond motifs is 1. The molecular weight excluding hydrogens is 450 g/mol.